The van der Waals surface area contributed by atoms with Gasteiger partial charge in [0.25, 0.3) is 11.8 Å². The van der Waals surface area contributed by atoms with Gasteiger partial charge in [-0.15, -0.1) is 0 Å². The lowest BCUT2D eigenvalue weighted by Crippen LogP contribution is -2.47. The molecule has 2 amide bonds. The van der Waals surface area contributed by atoms with Crippen LogP contribution in [0.2, 0.25) is 0 Å². The highest BCUT2D eigenvalue weighted by Crippen LogP contribution is 2.31. The Bertz CT molecular complexity index is 455. The second-order valence-electron chi connectivity index (χ2n) is 4.77. The molecule has 1 heterocycles. The molecule has 0 saturated heterocycles. The van der Waals surface area contributed by atoms with E-state index in [9.17, 15) is 9.59 Å². The van der Waals surface area contributed by atoms with Crippen molar-refractivity contribution in [2.45, 2.75) is 31.1 Å². The highest BCUT2D eigenvalue weighted by atomic mass is 79.9. The van der Waals surface area contributed by atoms with Crippen molar-refractivity contribution in [1.29, 1.82) is 0 Å². The largest absolute Gasteiger partial charge is 0.270 e. The lowest BCUT2D eigenvalue weighted by Gasteiger charge is -2.32. The first-order valence-corrected chi connectivity index (χ1v) is 6.29. The number of rotatable bonds is 2. The summed E-state index contributed by atoms with van der Waals surface area (Å²) in [6.45, 7) is 5.76. The van der Waals surface area contributed by atoms with Crippen molar-refractivity contribution in [2.24, 2.45) is 0 Å². The number of alkyl halides is 1. The van der Waals surface area contributed by atoms with E-state index >= 15 is 0 Å². The maximum atomic E-state index is 12.2. The molecule has 0 spiro atoms. The zero-order valence-electron chi connectivity index (χ0n) is 10.0. The third-order valence-corrected chi connectivity index (χ3v) is 3.87. The molecule has 0 saturated carbocycles. The minimum absolute atomic E-state index is 0.199. The van der Waals surface area contributed by atoms with Crippen molar-refractivity contribution in [3.63, 3.8) is 0 Å². The number of carbonyl (C=O) groups excluding carboxylic acids is 2. The zero-order chi connectivity index (χ0) is 12.8. The summed E-state index contributed by atoms with van der Waals surface area (Å²) < 4.78 is -0.305. The second kappa shape index (κ2) is 3.95. The van der Waals surface area contributed by atoms with E-state index in [0.29, 0.717) is 11.1 Å². The van der Waals surface area contributed by atoms with E-state index in [2.05, 4.69) is 15.9 Å². The first kappa shape index (κ1) is 12.3. The molecule has 0 N–H and O–H groups in total. The average molecular weight is 296 g/mol. The smallest absolute Gasteiger partial charge is 0.261 e. The first-order valence-electron chi connectivity index (χ1n) is 5.50. The Morgan fingerprint density at radius 3 is 1.88 bits per heavy atom. The van der Waals surface area contributed by atoms with Gasteiger partial charge in [-0.2, -0.15) is 0 Å². The average Bonchev–Trinajstić information content (AvgIpc) is 2.51. The number of benzene rings is 1. The molecular formula is C13H14BrNO2. The third-order valence-electron chi connectivity index (χ3n) is 3.21. The lowest BCUT2D eigenvalue weighted by atomic mass is 10.0. The summed E-state index contributed by atoms with van der Waals surface area (Å²) in [6, 6.07) is 6.75. The van der Waals surface area contributed by atoms with E-state index in [-0.39, 0.29) is 22.2 Å². The summed E-state index contributed by atoms with van der Waals surface area (Å²) in [5.74, 6) is -0.406. The number of amides is 2. The molecule has 0 aliphatic carbocycles. The highest BCUT2D eigenvalue weighted by Gasteiger charge is 2.42. The number of hydrogen-bond acceptors (Lipinski definition) is 2. The van der Waals surface area contributed by atoms with E-state index in [1.54, 1.807) is 24.3 Å². The number of halogens is 1. The Balaban J connectivity index is 2.44. The van der Waals surface area contributed by atoms with Crippen LogP contribution in [0.4, 0.5) is 0 Å². The van der Waals surface area contributed by atoms with Crippen LogP contribution in [-0.4, -0.2) is 27.1 Å². The van der Waals surface area contributed by atoms with Crippen molar-refractivity contribution >= 4 is 27.7 Å². The fraction of sp³-hybridized carbons (Fsp3) is 0.385. The van der Waals surface area contributed by atoms with Gasteiger partial charge in [0.1, 0.15) is 0 Å². The van der Waals surface area contributed by atoms with Crippen LogP contribution in [0.3, 0.4) is 0 Å². The molecule has 0 aromatic heterocycles. The van der Waals surface area contributed by atoms with Crippen molar-refractivity contribution in [3.8, 4) is 0 Å². The summed E-state index contributed by atoms with van der Waals surface area (Å²) in [5, 5.41) is 0. The standard InChI is InChI=1S/C13H14BrNO2/c1-8(13(2,3)14)15-11(16)9-6-4-5-7-10(9)12(15)17/h4-8H,1-3H3. The molecule has 3 nitrogen and oxygen atoms in total. The van der Waals surface area contributed by atoms with Crippen LogP contribution < -0.4 is 0 Å². The summed E-state index contributed by atoms with van der Waals surface area (Å²) in [7, 11) is 0. The van der Waals surface area contributed by atoms with Gasteiger partial charge in [0.15, 0.2) is 0 Å². The van der Waals surface area contributed by atoms with E-state index in [1.165, 1.54) is 4.90 Å². The van der Waals surface area contributed by atoms with Crippen LogP contribution in [0.15, 0.2) is 24.3 Å². The van der Waals surface area contributed by atoms with Crippen LogP contribution in [0.1, 0.15) is 41.5 Å². The van der Waals surface area contributed by atoms with Gasteiger partial charge in [0.2, 0.25) is 0 Å². The molecule has 0 radical (unpaired) electrons. The number of nitrogens with zero attached hydrogens (tertiary/aromatic N) is 1. The van der Waals surface area contributed by atoms with Gasteiger partial charge in [0, 0.05) is 4.32 Å². The Kier molecular flexibility index (Phi) is 2.86. The van der Waals surface area contributed by atoms with Gasteiger partial charge in [0.05, 0.1) is 17.2 Å². The number of fused-ring (bicyclic) bond motifs is 1. The van der Waals surface area contributed by atoms with Crippen LogP contribution in [0.25, 0.3) is 0 Å². The molecule has 1 aromatic carbocycles. The molecule has 4 heteroatoms. The maximum absolute atomic E-state index is 12.2. The van der Waals surface area contributed by atoms with Crippen LogP contribution in [-0.2, 0) is 0 Å². The Morgan fingerprint density at radius 1 is 1.12 bits per heavy atom. The van der Waals surface area contributed by atoms with E-state index in [0.717, 1.165) is 0 Å². The lowest BCUT2D eigenvalue weighted by molar-refractivity contribution is 0.0575. The fourth-order valence-electron chi connectivity index (χ4n) is 1.87. The predicted molar refractivity (Wildman–Crippen MR) is 69.4 cm³/mol. The van der Waals surface area contributed by atoms with E-state index in [4.69, 9.17) is 0 Å². The van der Waals surface area contributed by atoms with E-state index in [1.807, 2.05) is 20.8 Å². The molecule has 1 aromatic rings. The molecule has 1 aliphatic rings. The van der Waals surface area contributed by atoms with Gasteiger partial charge >= 0.3 is 0 Å². The summed E-state index contributed by atoms with van der Waals surface area (Å²) in [4.78, 5) is 25.7. The number of carbonyl (C=O) groups is 2. The molecule has 1 unspecified atom stereocenters. The topological polar surface area (TPSA) is 37.4 Å². The monoisotopic (exact) mass is 295 g/mol. The Hall–Kier alpha value is -1.16. The summed E-state index contributed by atoms with van der Waals surface area (Å²) in [5.41, 5.74) is 1.00. The summed E-state index contributed by atoms with van der Waals surface area (Å²) >= 11 is 3.51. The van der Waals surface area contributed by atoms with Crippen molar-refractivity contribution < 1.29 is 9.59 Å². The molecule has 0 fully saturated rings. The van der Waals surface area contributed by atoms with E-state index < -0.39 is 0 Å². The van der Waals surface area contributed by atoms with Gasteiger partial charge in [-0.3, -0.25) is 14.5 Å². The molecular weight excluding hydrogens is 282 g/mol. The van der Waals surface area contributed by atoms with Gasteiger partial charge < -0.3 is 0 Å². The molecule has 1 atom stereocenters. The predicted octanol–water partition coefficient (Wildman–Crippen LogP) is 2.84. The van der Waals surface area contributed by atoms with Gasteiger partial charge in [-0.25, -0.2) is 0 Å². The highest BCUT2D eigenvalue weighted by molar-refractivity contribution is 9.10. The van der Waals surface area contributed by atoms with Crippen molar-refractivity contribution in [2.75, 3.05) is 0 Å². The minimum atomic E-state index is -0.305. The number of imide groups is 1. The number of hydrogen-bond donors (Lipinski definition) is 0. The SMILES string of the molecule is CC(N1C(=O)c2ccccc2C1=O)C(C)(C)Br. The van der Waals surface area contributed by atoms with Gasteiger partial charge in [-0.05, 0) is 32.9 Å². The van der Waals surface area contributed by atoms with Crippen LogP contribution >= 0.6 is 15.9 Å². The van der Waals surface area contributed by atoms with Crippen molar-refractivity contribution in [1.82, 2.24) is 4.90 Å². The van der Waals surface area contributed by atoms with Crippen molar-refractivity contribution in [3.05, 3.63) is 35.4 Å². The van der Waals surface area contributed by atoms with Gasteiger partial charge in [-0.1, -0.05) is 28.1 Å². The first-order chi connectivity index (χ1) is 7.84. The quantitative estimate of drug-likeness (QED) is 0.621. The molecule has 2 rings (SSSR count). The van der Waals surface area contributed by atoms with Crippen LogP contribution in [0.5, 0.6) is 0 Å². The fourth-order valence-corrected chi connectivity index (χ4v) is 2.07. The Morgan fingerprint density at radius 2 is 1.53 bits per heavy atom. The molecule has 17 heavy (non-hydrogen) atoms. The molecule has 90 valence electrons. The zero-order valence-corrected chi connectivity index (χ0v) is 11.6. The summed E-state index contributed by atoms with van der Waals surface area (Å²) in [6.07, 6.45) is 0. The Labute approximate surface area is 109 Å². The van der Waals surface area contributed by atoms with Crippen LogP contribution in [0, 0.1) is 0 Å². The molecule has 0 bridgehead atoms. The molecule has 1 aliphatic heterocycles. The minimum Gasteiger partial charge on any atom is -0.270 e. The second-order valence-corrected chi connectivity index (χ2v) is 6.81. The normalized spacial score (nSPS) is 17.3. The maximum Gasteiger partial charge on any atom is 0.261 e. The third kappa shape index (κ3) is 1.90.